The van der Waals surface area contributed by atoms with Crippen molar-refractivity contribution in [2.45, 2.75) is 26.2 Å². The van der Waals surface area contributed by atoms with Gasteiger partial charge in [-0.15, -0.1) is 0 Å². The molecule has 3 amide bonds. The Hall–Kier alpha value is -2.84. The van der Waals surface area contributed by atoms with Gasteiger partial charge in [-0.25, -0.2) is 14.2 Å². The van der Waals surface area contributed by atoms with Gasteiger partial charge >= 0.3 is 11.8 Å². The summed E-state index contributed by atoms with van der Waals surface area (Å²) < 4.78 is 26.3. The van der Waals surface area contributed by atoms with Gasteiger partial charge in [0.1, 0.15) is 11.6 Å². The molecular weight excluding hydrogens is 334 g/mol. The van der Waals surface area contributed by atoms with Gasteiger partial charge in [-0.2, -0.15) is 5.10 Å². The molecule has 0 aliphatic carbocycles. The number of benzene rings is 1. The molecule has 1 fully saturated rings. The summed E-state index contributed by atoms with van der Waals surface area (Å²) in [6, 6.07) is 2.77. The van der Waals surface area contributed by atoms with E-state index in [4.69, 9.17) is 0 Å². The number of likely N-dealkylation sites (tertiary alicyclic amines) is 1. The summed E-state index contributed by atoms with van der Waals surface area (Å²) >= 11 is 0. The molecule has 1 heterocycles. The quantitative estimate of drug-likeness (QED) is 0.488. The smallest absolute Gasteiger partial charge is 0.329 e. The summed E-state index contributed by atoms with van der Waals surface area (Å²) in [5.41, 5.74) is 2.17. The lowest BCUT2D eigenvalue weighted by Gasteiger charge is -2.13. The molecule has 0 bridgehead atoms. The van der Waals surface area contributed by atoms with E-state index >= 15 is 0 Å². The fraction of sp³-hybridized carbons (Fsp3) is 0.375. The number of hydrogen-bond donors (Lipinski definition) is 2. The Kier molecular flexibility index (Phi) is 6.15. The molecule has 9 heteroatoms. The largest absolute Gasteiger partial charge is 0.334 e. The Morgan fingerprint density at radius 2 is 1.88 bits per heavy atom. The Labute approximate surface area is 143 Å². The van der Waals surface area contributed by atoms with Crippen LogP contribution in [-0.2, 0) is 14.4 Å². The molecule has 0 saturated carbocycles. The van der Waals surface area contributed by atoms with Crippen molar-refractivity contribution in [2.75, 3.05) is 18.4 Å². The summed E-state index contributed by atoms with van der Waals surface area (Å²) in [7, 11) is 0. The maximum Gasteiger partial charge on any atom is 0.329 e. The molecule has 1 aromatic carbocycles. The average Bonchev–Trinajstić information content (AvgIpc) is 3.09. The molecule has 7 nitrogen and oxygen atoms in total. The third-order valence-electron chi connectivity index (χ3n) is 3.56. The van der Waals surface area contributed by atoms with E-state index in [1.54, 1.807) is 0 Å². The first-order valence-corrected chi connectivity index (χ1v) is 7.74. The maximum atomic E-state index is 13.5. The van der Waals surface area contributed by atoms with Crippen molar-refractivity contribution in [3.8, 4) is 0 Å². The zero-order valence-electron chi connectivity index (χ0n) is 13.6. The number of nitrogens with zero attached hydrogens (tertiary/aromatic N) is 2. The Balaban J connectivity index is 1.84. The van der Waals surface area contributed by atoms with Crippen LogP contribution in [0.15, 0.2) is 23.3 Å². The molecule has 2 N–H and O–H groups in total. The van der Waals surface area contributed by atoms with Gasteiger partial charge in [0.25, 0.3) is 0 Å². The molecule has 1 saturated heterocycles. The summed E-state index contributed by atoms with van der Waals surface area (Å²) in [6.07, 6.45) is 1.50. The van der Waals surface area contributed by atoms with Crippen LogP contribution in [0, 0.1) is 11.6 Å². The lowest BCUT2D eigenvalue weighted by molar-refractivity contribution is -0.145. The highest BCUT2D eigenvalue weighted by Crippen LogP contribution is 2.15. The van der Waals surface area contributed by atoms with Crippen LogP contribution in [0.25, 0.3) is 0 Å². The molecule has 0 spiro atoms. The van der Waals surface area contributed by atoms with Crippen LogP contribution in [0.2, 0.25) is 0 Å². The van der Waals surface area contributed by atoms with E-state index in [0.29, 0.717) is 19.2 Å². The van der Waals surface area contributed by atoms with Crippen LogP contribution in [0.3, 0.4) is 0 Å². The zero-order valence-corrected chi connectivity index (χ0v) is 13.6. The molecular formula is C16H18F2N4O3. The second kappa shape index (κ2) is 8.32. The van der Waals surface area contributed by atoms with E-state index in [9.17, 15) is 23.2 Å². The first-order chi connectivity index (χ1) is 11.9. The van der Waals surface area contributed by atoms with Crippen LogP contribution in [0.4, 0.5) is 14.5 Å². The van der Waals surface area contributed by atoms with Crippen LogP contribution >= 0.6 is 0 Å². The first kappa shape index (κ1) is 18.5. The maximum absolute atomic E-state index is 13.5. The SMILES string of the molecule is C/C(CC(=O)Nc1ccc(F)cc1F)=N\NC(=O)C(=O)N1CCCC1. The number of rotatable bonds is 4. The lowest BCUT2D eigenvalue weighted by Crippen LogP contribution is -2.40. The molecule has 0 unspecified atom stereocenters. The number of nitrogens with one attached hydrogen (secondary N) is 2. The minimum atomic E-state index is -0.896. The van der Waals surface area contributed by atoms with Gasteiger partial charge in [0.05, 0.1) is 12.1 Å². The fourth-order valence-electron chi connectivity index (χ4n) is 2.31. The third kappa shape index (κ3) is 5.33. The number of carbonyl (C=O) groups is 3. The minimum Gasteiger partial charge on any atom is -0.334 e. The summed E-state index contributed by atoms with van der Waals surface area (Å²) in [5, 5.41) is 5.96. The molecule has 0 aromatic heterocycles. The standard InChI is InChI=1S/C16H18F2N4O3/c1-10(20-21-15(24)16(25)22-6-2-3-7-22)8-14(23)19-13-5-4-11(17)9-12(13)18/h4-5,9H,2-3,6-8H2,1H3,(H,19,23)(H,21,24)/b20-10+. The van der Waals surface area contributed by atoms with Crippen molar-refractivity contribution >= 4 is 29.1 Å². The van der Waals surface area contributed by atoms with Gasteiger partial charge in [-0.05, 0) is 31.9 Å². The van der Waals surface area contributed by atoms with Crippen LogP contribution in [0.5, 0.6) is 0 Å². The van der Waals surface area contributed by atoms with E-state index in [1.165, 1.54) is 11.8 Å². The molecule has 2 rings (SSSR count). The van der Waals surface area contributed by atoms with Gasteiger partial charge in [-0.1, -0.05) is 0 Å². The van der Waals surface area contributed by atoms with Crippen LogP contribution in [0.1, 0.15) is 26.2 Å². The lowest BCUT2D eigenvalue weighted by atomic mass is 10.2. The van der Waals surface area contributed by atoms with Crippen molar-refractivity contribution in [1.29, 1.82) is 0 Å². The highest BCUT2D eigenvalue weighted by molar-refractivity contribution is 6.35. The zero-order chi connectivity index (χ0) is 18.4. The molecule has 1 aliphatic rings. The average molecular weight is 352 g/mol. The second-order valence-electron chi connectivity index (χ2n) is 5.64. The number of hydrazone groups is 1. The molecule has 0 atom stereocenters. The van der Waals surface area contributed by atoms with Gasteiger partial charge in [-0.3, -0.25) is 14.4 Å². The van der Waals surface area contributed by atoms with E-state index < -0.39 is 29.4 Å². The first-order valence-electron chi connectivity index (χ1n) is 7.74. The summed E-state index contributed by atoms with van der Waals surface area (Å²) in [6.45, 7) is 2.56. The van der Waals surface area contributed by atoms with E-state index in [2.05, 4.69) is 15.8 Å². The molecule has 134 valence electrons. The number of hydrogen-bond acceptors (Lipinski definition) is 4. The highest BCUT2D eigenvalue weighted by atomic mass is 19.1. The number of anilines is 1. The fourth-order valence-corrected chi connectivity index (χ4v) is 2.31. The van der Waals surface area contributed by atoms with Crippen molar-refractivity contribution in [2.24, 2.45) is 5.10 Å². The van der Waals surface area contributed by atoms with Crippen molar-refractivity contribution in [3.05, 3.63) is 29.8 Å². The summed E-state index contributed by atoms with van der Waals surface area (Å²) in [4.78, 5) is 36.7. The van der Waals surface area contributed by atoms with Gasteiger partial charge in [0, 0.05) is 24.9 Å². The normalized spacial score (nSPS) is 14.4. The third-order valence-corrected chi connectivity index (χ3v) is 3.56. The predicted molar refractivity (Wildman–Crippen MR) is 86.7 cm³/mol. The number of halogens is 2. The number of carbonyl (C=O) groups excluding carboxylic acids is 3. The minimum absolute atomic E-state index is 0.160. The molecule has 1 aliphatic heterocycles. The van der Waals surface area contributed by atoms with Crippen LogP contribution < -0.4 is 10.7 Å². The van der Waals surface area contributed by atoms with Gasteiger partial charge < -0.3 is 10.2 Å². The Morgan fingerprint density at radius 3 is 2.52 bits per heavy atom. The van der Waals surface area contributed by atoms with E-state index in [0.717, 1.165) is 25.0 Å². The number of amides is 3. The monoisotopic (exact) mass is 352 g/mol. The van der Waals surface area contributed by atoms with Crippen molar-refractivity contribution in [3.63, 3.8) is 0 Å². The Morgan fingerprint density at radius 1 is 1.20 bits per heavy atom. The van der Waals surface area contributed by atoms with E-state index in [1.807, 2.05) is 0 Å². The van der Waals surface area contributed by atoms with Gasteiger partial charge in [0.2, 0.25) is 5.91 Å². The Bertz CT molecular complexity index is 715. The second-order valence-corrected chi connectivity index (χ2v) is 5.64. The van der Waals surface area contributed by atoms with Gasteiger partial charge in [0.15, 0.2) is 0 Å². The van der Waals surface area contributed by atoms with Crippen molar-refractivity contribution < 1.29 is 23.2 Å². The summed E-state index contributed by atoms with van der Waals surface area (Å²) in [5.74, 6) is -3.77. The molecule has 25 heavy (non-hydrogen) atoms. The topological polar surface area (TPSA) is 90.9 Å². The molecule has 1 aromatic rings. The van der Waals surface area contributed by atoms with E-state index in [-0.39, 0.29) is 17.8 Å². The molecule has 0 radical (unpaired) electrons. The van der Waals surface area contributed by atoms with Crippen molar-refractivity contribution in [1.82, 2.24) is 10.3 Å². The highest BCUT2D eigenvalue weighted by Gasteiger charge is 2.24. The van der Waals surface area contributed by atoms with Crippen LogP contribution in [-0.4, -0.2) is 41.4 Å². The predicted octanol–water partition coefficient (Wildman–Crippen LogP) is 1.41.